The van der Waals surface area contributed by atoms with Gasteiger partial charge in [-0.1, -0.05) is 0 Å². The second-order valence-electron chi connectivity index (χ2n) is 7.85. The molecule has 8 nitrogen and oxygen atoms in total. The maximum atomic E-state index is 12.4. The lowest BCUT2D eigenvalue weighted by atomic mass is 10.00. The maximum Gasteiger partial charge on any atom is 0.407 e. The summed E-state index contributed by atoms with van der Waals surface area (Å²) < 4.78 is 34.2. The van der Waals surface area contributed by atoms with Gasteiger partial charge < -0.3 is 15.0 Å². The van der Waals surface area contributed by atoms with Gasteiger partial charge in [-0.25, -0.2) is 4.79 Å². The highest BCUT2D eigenvalue weighted by molar-refractivity contribution is 7.86. The number of hydrogen-bond donors (Lipinski definition) is 1. The first kappa shape index (κ1) is 22.6. The zero-order valence-corrected chi connectivity index (χ0v) is 18.5. The summed E-state index contributed by atoms with van der Waals surface area (Å²) in [7, 11) is -3.72. The van der Waals surface area contributed by atoms with E-state index in [1.54, 1.807) is 25.7 Å². The van der Waals surface area contributed by atoms with Crippen molar-refractivity contribution in [3.8, 4) is 0 Å². The molecule has 0 radical (unpaired) electrons. The van der Waals surface area contributed by atoms with Gasteiger partial charge >= 0.3 is 6.09 Å². The predicted octanol–water partition coefficient (Wildman–Crippen LogP) is 2.59. The fraction of sp³-hybridized carbons (Fsp3) is 0.667. The Balaban J connectivity index is 2.11. The van der Waals surface area contributed by atoms with Crippen molar-refractivity contribution >= 4 is 33.5 Å². The van der Waals surface area contributed by atoms with Crippen LogP contribution in [0.3, 0.4) is 0 Å². The number of amides is 2. The summed E-state index contributed by atoms with van der Waals surface area (Å²) in [5.41, 5.74) is 1.08. The summed E-state index contributed by atoms with van der Waals surface area (Å²) in [5.74, 6) is -0.0917. The summed E-state index contributed by atoms with van der Waals surface area (Å²) in [5, 5.41) is 6.40. The molecule has 0 spiro atoms. The van der Waals surface area contributed by atoms with Crippen LogP contribution in [0.4, 0.5) is 4.79 Å². The monoisotopic (exact) mass is 432 g/mol. The van der Waals surface area contributed by atoms with E-state index in [2.05, 4.69) is 5.32 Å². The third-order valence-electron chi connectivity index (χ3n) is 4.23. The third kappa shape index (κ3) is 6.46. The molecular formula is C18H28N2O6S2. The lowest BCUT2D eigenvalue weighted by Gasteiger charge is -2.31. The number of likely N-dealkylation sites (tertiary alicyclic amines) is 1. The number of ether oxygens (including phenoxy) is 1. The van der Waals surface area contributed by atoms with Crippen LogP contribution in [0.1, 0.15) is 50.8 Å². The minimum atomic E-state index is -3.72. The summed E-state index contributed by atoms with van der Waals surface area (Å²) in [6.07, 6.45) is 0.472. The molecule has 0 aromatic carbocycles. The van der Waals surface area contributed by atoms with Gasteiger partial charge in [0.1, 0.15) is 11.7 Å². The predicted molar refractivity (Wildman–Crippen MR) is 107 cm³/mol. The number of alkyl carbamates (subject to hydrolysis) is 1. The molecule has 2 amide bonds. The second-order valence-corrected chi connectivity index (χ2v) is 10.2. The molecule has 2 heterocycles. The van der Waals surface area contributed by atoms with Gasteiger partial charge in [0.15, 0.2) is 0 Å². The van der Waals surface area contributed by atoms with Crippen molar-refractivity contribution in [1.82, 2.24) is 10.2 Å². The van der Waals surface area contributed by atoms with Crippen molar-refractivity contribution in [2.75, 3.05) is 19.3 Å². The van der Waals surface area contributed by atoms with E-state index in [0.717, 1.165) is 17.4 Å². The minimum absolute atomic E-state index is 0.0917. The molecule has 0 saturated carbocycles. The normalized spacial score (nSPS) is 19.0. The van der Waals surface area contributed by atoms with Crippen molar-refractivity contribution in [2.24, 2.45) is 0 Å². The molecule has 2 rings (SSSR count). The van der Waals surface area contributed by atoms with Crippen molar-refractivity contribution in [1.29, 1.82) is 0 Å². The van der Waals surface area contributed by atoms with Crippen LogP contribution in [-0.4, -0.2) is 56.3 Å². The van der Waals surface area contributed by atoms with Crippen molar-refractivity contribution in [2.45, 2.75) is 58.3 Å². The summed E-state index contributed by atoms with van der Waals surface area (Å²) in [6, 6.07) is -0.420. The van der Waals surface area contributed by atoms with E-state index < -0.39 is 34.0 Å². The summed E-state index contributed by atoms with van der Waals surface area (Å²) >= 11 is 1.46. The first-order chi connectivity index (χ1) is 12.9. The van der Waals surface area contributed by atoms with Crippen molar-refractivity contribution in [3.05, 3.63) is 21.9 Å². The van der Waals surface area contributed by atoms with Gasteiger partial charge in [-0.05, 0) is 56.0 Å². The molecule has 1 aliphatic heterocycles. The molecule has 1 aliphatic rings. The summed E-state index contributed by atoms with van der Waals surface area (Å²) in [4.78, 5) is 25.8. The fourth-order valence-electron chi connectivity index (χ4n) is 3.13. The van der Waals surface area contributed by atoms with Crippen LogP contribution in [-0.2, 0) is 23.8 Å². The van der Waals surface area contributed by atoms with Gasteiger partial charge in [-0.3, -0.25) is 8.98 Å². The van der Waals surface area contributed by atoms with Crippen molar-refractivity contribution in [3.63, 3.8) is 0 Å². The molecule has 0 aliphatic carbocycles. The Morgan fingerprint density at radius 1 is 1.39 bits per heavy atom. The molecule has 0 bridgehead atoms. The molecule has 158 valence electrons. The van der Waals surface area contributed by atoms with E-state index in [1.807, 2.05) is 17.7 Å². The van der Waals surface area contributed by atoms with E-state index >= 15 is 0 Å². The summed E-state index contributed by atoms with van der Waals surface area (Å²) in [6.45, 7) is 7.63. The number of carbonyl (C=O) groups is 2. The SMILES string of the molecule is Cc1cscc1C(OS(C)(=O)=O)[C@H]1CCC(=O)N1CCNC(=O)OC(C)(C)C. The Hall–Kier alpha value is -1.65. The molecular weight excluding hydrogens is 404 g/mol. The minimum Gasteiger partial charge on any atom is -0.444 e. The van der Waals surface area contributed by atoms with Crippen LogP contribution >= 0.6 is 11.3 Å². The number of aryl methyl sites for hydroxylation is 1. The second kappa shape index (κ2) is 8.79. The fourth-order valence-corrected chi connectivity index (χ4v) is 4.61. The highest BCUT2D eigenvalue weighted by atomic mass is 32.2. The van der Waals surface area contributed by atoms with Crippen LogP contribution < -0.4 is 5.32 Å². The molecule has 1 aromatic heterocycles. The van der Waals surface area contributed by atoms with Gasteiger partial charge in [0.2, 0.25) is 5.91 Å². The quantitative estimate of drug-likeness (QED) is 0.665. The molecule has 1 fully saturated rings. The van der Waals surface area contributed by atoms with Crippen LogP contribution in [0, 0.1) is 6.92 Å². The van der Waals surface area contributed by atoms with Crippen molar-refractivity contribution < 1.29 is 26.9 Å². The first-order valence-corrected chi connectivity index (χ1v) is 11.8. The number of rotatable bonds is 7. The highest BCUT2D eigenvalue weighted by Gasteiger charge is 2.40. The first-order valence-electron chi connectivity index (χ1n) is 9.04. The van der Waals surface area contributed by atoms with E-state index in [-0.39, 0.29) is 19.0 Å². The largest absolute Gasteiger partial charge is 0.444 e. The molecule has 28 heavy (non-hydrogen) atoms. The Kier molecular flexibility index (Phi) is 7.11. The molecule has 1 saturated heterocycles. The number of nitrogens with zero attached hydrogens (tertiary/aromatic N) is 1. The number of thiophene rings is 1. The molecule has 1 N–H and O–H groups in total. The Morgan fingerprint density at radius 3 is 2.61 bits per heavy atom. The molecule has 2 atom stereocenters. The molecule has 1 unspecified atom stereocenters. The Bertz CT molecular complexity index is 812. The Morgan fingerprint density at radius 2 is 2.07 bits per heavy atom. The van der Waals surface area contributed by atoms with Gasteiger partial charge in [0, 0.05) is 19.5 Å². The standard InChI is InChI=1S/C18H28N2O6S2/c1-12-10-27-11-13(12)16(26-28(5,23)24)14-6-7-15(21)20(14)9-8-19-17(22)25-18(2,3)4/h10-11,14,16H,6-9H2,1-5H3,(H,19,22)/t14-,16?/m1/s1. The third-order valence-corrected chi connectivity index (χ3v) is 5.66. The molecule has 10 heteroatoms. The van der Waals surface area contributed by atoms with E-state index in [9.17, 15) is 18.0 Å². The number of carbonyl (C=O) groups excluding carboxylic acids is 2. The van der Waals surface area contributed by atoms with Gasteiger partial charge in [0.25, 0.3) is 10.1 Å². The van der Waals surface area contributed by atoms with Gasteiger partial charge in [-0.2, -0.15) is 19.8 Å². The molecule has 1 aromatic rings. The smallest absolute Gasteiger partial charge is 0.407 e. The topological polar surface area (TPSA) is 102 Å². The van der Waals surface area contributed by atoms with Gasteiger partial charge in [-0.15, -0.1) is 0 Å². The maximum absolute atomic E-state index is 12.4. The lowest BCUT2D eigenvalue weighted by molar-refractivity contribution is -0.130. The number of hydrogen-bond acceptors (Lipinski definition) is 7. The van der Waals surface area contributed by atoms with Crippen LogP contribution in [0.15, 0.2) is 10.8 Å². The zero-order valence-electron chi connectivity index (χ0n) is 16.9. The van der Waals surface area contributed by atoms with Crippen LogP contribution in [0.25, 0.3) is 0 Å². The van der Waals surface area contributed by atoms with E-state index in [1.165, 1.54) is 11.3 Å². The number of nitrogens with one attached hydrogen (secondary N) is 1. The van der Waals surface area contributed by atoms with E-state index in [0.29, 0.717) is 12.8 Å². The van der Waals surface area contributed by atoms with E-state index in [4.69, 9.17) is 8.92 Å². The average molecular weight is 433 g/mol. The van der Waals surface area contributed by atoms with Crippen LogP contribution in [0.2, 0.25) is 0 Å². The average Bonchev–Trinajstić information content (AvgIpc) is 3.09. The Labute approximate surface area is 170 Å². The lowest BCUT2D eigenvalue weighted by Crippen LogP contribution is -2.44. The highest BCUT2D eigenvalue weighted by Crippen LogP contribution is 2.36. The van der Waals surface area contributed by atoms with Crippen LogP contribution in [0.5, 0.6) is 0 Å². The zero-order chi connectivity index (χ0) is 21.1. The van der Waals surface area contributed by atoms with Gasteiger partial charge in [0.05, 0.1) is 12.3 Å².